The number of methoxy groups -OCH3 is 2. The molecule has 6 heteroatoms. The van der Waals surface area contributed by atoms with E-state index in [1.165, 1.54) is 0 Å². The van der Waals surface area contributed by atoms with Crippen molar-refractivity contribution < 1.29 is 14.3 Å². The first-order valence-corrected chi connectivity index (χ1v) is 5.87. The van der Waals surface area contributed by atoms with Gasteiger partial charge in [0.1, 0.15) is 0 Å². The third-order valence-electron chi connectivity index (χ3n) is 2.53. The minimum atomic E-state index is -0.105. The Morgan fingerprint density at radius 1 is 1.16 bits per heavy atom. The molecule has 1 rings (SSSR count). The van der Waals surface area contributed by atoms with Crippen molar-refractivity contribution >= 4 is 18.3 Å². The van der Waals surface area contributed by atoms with Gasteiger partial charge in [0.2, 0.25) is 0 Å². The Morgan fingerprint density at radius 2 is 1.84 bits per heavy atom. The molecule has 1 aromatic rings. The van der Waals surface area contributed by atoms with E-state index in [0.29, 0.717) is 23.6 Å². The molecule has 108 valence electrons. The first-order valence-electron chi connectivity index (χ1n) is 5.87. The molecule has 0 atom stereocenters. The predicted molar refractivity (Wildman–Crippen MR) is 77.7 cm³/mol. The van der Waals surface area contributed by atoms with Crippen molar-refractivity contribution in [1.82, 2.24) is 10.6 Å². The predicted octanol–water partition coefficient (Wildman–Crippen LogP) is 1.46. The number of amides is 1. The molecule has 2 N–H and O–H groups in total. The van der Waals surface area contributed by atoms with Gasteiger partial charge < -0.3 is 20.1 Å². The normalized spacial score (nSPS) is 9.42. The van der Waals surface area contributed by atoms with Crippen LogP contribution in [0.25, 0.3) is 0 Å². The second kappa shape index (κ2) is 9.47. The van der Waals surface area contributed by atoms with Crippen LogP contribution >= 0.6 is 12.4 Å². The van der Waals surface area contributed by atoms with Crippen LogP contribution in [-0.2, 0) is 0 Å². The maximum absolute atomic E-state index is 11.8. The van der Waals surface area contributed by atoms with Gasteiger partial charge in [0, 0.05) is 12.1 Å². The summed E-state index contributed by atoms with van der Waals surface area (Å²) < 4.78 is 10.3. The van der Waals surface area contributed by atoms with Crippen LogP contribution in [-0.4, -0.2) is 40.3 Å². The fourth-order valence-corrected chi connectivity index (χ4v) is 1.55. The monoisotopic (exact) mass is 288 g/mol. The van der Waals surface area contributed by atoms with Gasteiger partial charge in [-0.15, -0.1) is 12.4 Å². The lowest BCUT2D eigenvalue weighted by Crippen LogP contribution is -2.26. The van der Waals surface area contributed by atoms with Gasteiger partial charge in [-0.1, -0.05) is 0 Å². The first-order chi connectivity index (χ1) is 8.72. The molecule has 0 saturated heterocycles. The zero-order valence-corrected chi connectivity index (χ0v) is 12.3. The summed E-state index contributed by atoms with van der Waals surface area (Å²) in [6.07, 6.45) is 0.898. The summed E-state index contributed by atoms with van der Waals surface area (Å²) in [5.74, 6) is 1.07. The van der Waals surface area contributed by atoms with Gasteiger partial charge in [0.25, 0.3) is 5.91 Å². The lowest BCUT2D eigenvalue weighted by atomic mass is 10.2. The number of hydrogen-bond acceptors (Lipinski definition) is 4. The Bertz CT molecular complexity index is 399. The molecular weight excluding hydrogens is 268 g/mol. The molecule has 0 heterocycles. The molecule has 0 bridgehead atoms. The van der Waals surface area contributed by atoms with Crippen LogP contribution in [0.3, 0.4) is 0 Å². The van der Waals surface area contributed by atoms with E-state index in [1.807, 2.05) is 7.05 Å². The van der Waals surface area contributed by atoms with Gasteiger partial charge in [0.15, 0.2) is 11.5 Å². The molecule has 0 aliphatic rings. The van der Waals surface area contributed by atoms with Gasteiger partial charge in [-0.2, -0.15) is 0 Å². The van der Waals surface area contributed by atoms with Crippen molar-refractivity contribution in [3.05, 3.63) is 23.8 Å². The van der Waals surface area contributed by atoms with E-state index in [1.54, 1.807) is 32.4 Å². The van der Waals surface area contributed by atoms with Crippen LogP contribution in [0.2, 0.25) is 0 Å². The van der Waals surface area contributed by atoms with E-state index < -0.39 is 0 Å². The standard InChI is InChI=1S/C13H20N2O3.ClH/c1-14-7-4-8-15-13(16)10-5-6-11(17-2)12(9-10)18-3;/h5-6,9,14H,4,7-8H2,1-3H3,(H,15,16);1H. The molecule has 0 unspecified atom stereocenters. The number of hydrogen-bond donors (Lipinski definition) is 2. The molecule has 1 aromatic carbocycles. The minimum Gasteiger partial charge on any atom is -0.493 e. The third-order valence-corrected chi connectivity index (χ3v) is 2.53. The number of carbonyl (C=O) groups is 1. The molecule has 0 radical (unpaired) electrons. The number of rotatable bonds is 7. The molecule has 1 amide bonds. The van der Waals surface area contributed by atoms with Gasteiger partial charge in [-0.05, 0) is 38.2 Å². The summed E-state index contributed by atoms with van der Waals surface area (Å²) in [6.45, 7) is 1.53. The highest BCUT2D eigenvalue weighted by atomic mass is 35.5. The van der Waals surface area contributed by atoms with E-state index in [4.69, 9.17) is 9.47 Å². The lowest BCUT2D eigenvalue weighted by molar-refractivity contribution is 0.0953. The van der Waals surface area contributed by atoms with Crippen molar-refractivity contribution in [2.75, 3.05) is 34.4 Å². The molecule has 0 aliphatic heterocycles. The smallest absolute Gasteiger partial charge is 0.251 e. The van der Waals surface area contributed by atoms with Gasteiger partial charge in [0.05, 0.1) is 14.2 Å². The SMILES string of the molecule is CNCCCNC(=O)c1ccc(OC)c(OC)c1.Cl. The van der Waals surface area contributed by atoms with E-state index >= 15 is 0 Å². The molecular formula is C13H21ClN2O3. The Kier molecular flexibility index (Phi) is 8.74. The summed E-state index contributed by atoms with van der Waals surface area (Å²) in [5.41, 5.74) is 0.567. The van der Waals surface area contributed by atoms with E-state index in [2.05, 4.69) is 10.6 Å². The van der Waals surface area contributed by atoms with E-state index in [-0.39, 0.29) is 18.3 Å². The maximum atomic E-state index is 11.8. The molecule has 0 saturated carbocycles. The van der Waals surface area contributed by atoms with E-state index in [9.17, 15) is 4.79 Å². The molecule has 5 nitrogen and oxygen atoms in total. The highest BCUT2D eigenvalue weighted by molar-refractivity contribution is 5.94. The number of halogens is 1. The Balaban J connectivity index is 0.00000324. The van der Waals surface area contributed by atoms with Gasteiger partial charge in [-0.3, -0.25) is 4.79 Å². The molecule has 0 aliphatic carbocycles. The average molecular weight is 289 g/mol. The van der Waals surface area contributed by atoms with Crippen LogP contribution in [0, 0.1) is 0 Å². The third kappa shape index (κ3) is 5.36. The second-order valence-electron chi connectivity index (χ2n) is 3.78. The molecule has 19 heavy (non-hydrogen) atoms. The number of benzene rings is 1. The number of carbonyl (C=O) groups excluding carboxylic acids is 1. The van der Waals surface area contributed by atoms with Crippen LogP contribution in [0.5, 0.6) is 11.5 Å². The topological polar surface area (TPSA) is 59.6 Å². The summed E-state index contributed by atoms with van der Waals surface area (Å²) in [7, 11) is 5.00. The molecule has 0 aromatic heterocycles. The van der Waals surface area contributed by atoms with Crippen LogP contribution in [0.4, 0.5) is 0 Å². The molecule has 0 fully saturated rings. The first kappa shape index (κ1) is 17.5. The fourth-order valence-electron chi connectivity index (χ4n) is 1.55. The largest absolute Gasteiger partial charge is 0.493 e. The van der Waals surface area contributed by atoms with Crippen LogP contribution < -0.4 is 20.1 Å². The average Bonchev–Trinajstić information content (AvgIpc) is 2.42. The van der Waals surface area contributed by atoms with Crippen LogP contribution in [0.1, 0.15) is 16.8 Å². The summed E-state index contributed by atoms with van der Waals surface area (Å²) in [6, 6.07) is 5.11. The van der Waals surface area contributed by atoms with Crippen molar-refractivity contribution in [3.8, 4) is 11.5 Å². The zero-order chi connectivity index (χ0) is 13.4. The zero-order valence-electron chi connectivity index (χ0n) is 11.5. The molecule has 0 spiro atoms. The van der Waals surface area contributed by atoms with Crippen molar-refractivity contribution in [3.63, 3.8) is 0 Å². The van der Waals surface area contributed by atoms with Crippen molar-refractivity contribution in [1.29, 1.82) is 0 Å². The summed E-state index contributed by atoms with van der Waals surface area (Å²) in [4.78, 5) is 11.8. The minimum absolute atomic E-state index is 0. The van der Waals surface area contributed by atoms with Crippen LogP contribution in [0.15, 0.2) is 18.2 Å². The number of nitrogens with one attached hydrogen (secondary N) is 2. The second-order valence-corrected chi connectivity index (χ2v) is 3.78. The Hall–Kier alpha value is -1.46. The Morgan fingerprint density at radius 3 is 2.42 bits per heavy atom. The van der Waals surface area contributed by atoms with E-state index in [0.717, 1.165) is 13.0 Å². The van der Waals surface area contributed by atoms with Gasteiger partial charge >= 0.3 is 0 Å². The summed E-state index contributed by atoms with van der Waals surface area (Å²) >= 11 is 0. The lowest BCUT2D eigenvalue weighted by Gasteiger charge is -2.10. The van der Waals surface area contributed by atoms with Crippen molar-refractivity contribution in [2.45, 2.75) is 6.42 Å². The van der Waals surface area contributed by atoms with Crippen molar-refractivity contribution in [2.24, 2.45) is 0 Å². The number of ether oxygens (including phenoxy) is 2. The Labute approximate surface area is 120 Å². The summed E-state index contributed by atoms with van der Waals surface area (Å²) in [5, 5.41) is 5.87. The highest BCUT2D eigenvalue weighted by Gasteiger charge is 2.09. The highest BCUT2D eigenvalue weighted by Crippen LogP contribution is 2.27. The fraction of sp³-hybridized carbons (Fsp3) is 0.462. The maximum Gasteiger partial charge on any atom is 0.251 e. The van der Waals surface area contributed by atoms with Gasteiger partial charge in [-0.25, -0.2) is 0 Å². The quantitative estimate of drug-likeness (QED) is 0.746.